The number of ether oxygens (including phenoxy) is 1. The molecule has 2 aromatic carbocycles. The van der Waals surface area contributed by atoms with E-state index in [0.717, 1.165) is 43.5 Å². The summed E-state index contributed by atoms with van der Waals surface area (Å²) in [7, 11) is 1.57. The molecule has 0 bridgehead atoms. The van der Waals surface area contributed by atoms with Crippen molar-refractivity contribution in [1.29, 1.82) is 0 Å². The van der Waals surface area contributed by atoms with E-state index in [1.807, 2.05) is 4.90 Å². The number of thioether (sulfide) groups is 1. The molecule has 0 unspecified atom stereocenters. The molecule has 0 spiro atoms. The molecular weight excluding hydrogens is 495 g/mol. The smallest absolute Gasteiger partial charge is 0.416 e. The fourth-order valence-corrected chi connectivity index (χ4v) is 4.39. The van der Waals surface area contributed by atoms with Crippen molar-refractivity contribution in [3.8, 4) is 17.2 Å². The second kappa shape index (κ2) is 11.2. The van der Waals surface area contributed by atoms with Crippen molar-refractivity contribution in [1.82, 2.24) is 15.1 Å². The van der Waals surface area contributed by atoms with E-state index in [1.165, 1.54) is 6.07 Å². The summed E-state index contributed by atoms with van der Waals surface area (Å²) in [6.45, 7) is 5.90. The quantitative estimate of drug-likeness (QED) is 0.430. The van der Waals surface area contributed by atoms with Crippen LogP contribution in [0.1, 0.15) is 12.5 Å². The largest absolute Gasteiger partial charge is 0.497 e. The highest BCUT2D eigenvalue weighted by atomic mass is 32.2. The van der Waals surface area contributed by atoms with Crippen LogP contribution in [0, 0.1) is 0 Å². The van der Waals surface area contributed by atoms with Gasteiger partial charge in [-0.15, -0.1) is 10.2 Å². The van der Waals surface area contributed by atoms with Gasteiger partial charge in [0.15, 0.2) is 0 Å². The number of nitrogens with one attached hydrogen (secondary N) is 1. The summed E-state index contributed by atoms with van der Waals surface area (Å²) in [4.78, 5) is 16.9. The molecule has 1 fully saturated rings. The van der Waals surface area contributed by atoms with E-state index in [2.05, 4.69) is 27.3 Å². The monoisotopic (exact) mass is 521 g/mol. The molecule has 192 valence electrons. The zero-order chi connectivity index (χ0) is 25.7. The van der Waals surface area contributed by atoms with Gasteiger partial charge >= 0.3 is 6.18 Å². The van der Waals surface area contributed by atoms with E-state index in [0.29, 0.717) is 30.1 Å². The van der Waals surface area contributed by atoms with Crippen LogP contribution < -0.4 is 15.0 Å². The maximum atomic E-state index is 13.4. The Hall–Kier alpha value is -3.25. The number of carbonyl (C=O) groups excluding carboxylic acids is 1. The number of benzene rings is 2. The fourth-order valence-electron chi connectivity index (χ4n) is 3.83. The third kappa shape index (κ3) is 6.30. The summed E-state index contributed by atoms with van der Waals surface area (Å²) < 4.78 is 50.8. The van der Waals surface area contributed by atoms with Crippen molar-refractivity contribution in [2.24, 2.45) is 0 Å². The van der Waals surface area contributed by atoms with Gasteiger partial charge in [0.2, 0.25) is 11.8 Å². The predicted octanol–water partition coefficient (Wildman–Crippen LogP) is 4.64. The molecule has 1 saturated heterocycles. The molecule has 12 heteroatoms. The van der Waals surface area contributed by atoms with Crippen molar-refractivity contribution < 1.29 is 27.1 Å². The Kier molecular flexibility index (Phi) is 8.04. The molecule has 1 aliphatic heterocycles. The average Bonchev–Trinajstić information content (AvgIpc) is 3.36. The number of rotatable bonds is 8. The summed E-state index contributed by atoms with van der Waals surface area (Å²) in [6.07, 6.45) is -4.52. The molecule has 8 nitrogen and oxygen atoms in total. The van der Waals surface area contributed by atoms with Crippen molar-refractivity contribution in [2.75, 3.05) is 55.8 Å². The highest BCUT2D eigenvalue weighted by Crippen LogP contribution is 2.36. The van der Waals surface area contributed by atoms with Crippen LogP contribution in [0.4, 0.5) is 24.5 Å². The van der Waals surface area contributed by atoms with E-state index < -0.39 is 17.6 Å². The van der Waals surface area contributed by atoms with Crippen LogP contribution >= 0.6 is 11.8 Å². The lowest BCUT2D eigenvalue weighted by atomic mass is 10.1. The summed E-state index contributed by atoms with van der Waals surface area (Å²) in [6, 6.07) is 10.5. The molecule has 0 aliphatic carbocycles. The number of amides is 1. The number of hydrogen-bond acceptors (Lipinski definition) is 8. The summed E-state index contributed by atoms with van der Waals surface area (Å²) in [5, 5.41) is 10.8. The van der Waals surface area contributed by atoms with Gasteiger partial charge in [0.05, 0.1) is 29.8 Å². The minimum Gasteiger partial charge on any atom is -0.497 e. The van der Waals surface area contributed by atoms with Crippen LogP contribution in [0.2, 0.25) is 0 Å². The molecule has 1 N–H and O–H groups in total. The normalized spacial score (nSPS) is 14.6. The first-order valence-corrected chi connectivity index (χ1v) is 12.3. The Morgan fingerprint density at radius 3 is 2.47 bits per heavy atom. The highest BCUT2D eigenvalue weighted by Gasteiger charge is 2.32. The van der Waals surface area contributed by atoms with E-state index in [4.69, 9.17) is 9.15 Å². The lowest BCUT2D eigenvalue weighted by molar-refractivity contribution is -0.137. The highest BCUT2D eigenvalue weighted by molar-refractivity contribution is 7.99. The van der Waals surface area contributed by atoms with E-state index >= 15 is 0 Å². The number of piperazine rings is 1. The minimum absolute atomic E-state index is 0.108. The van der Waals surface area contributed by atoms with Crippen LogP contribution in [0.3, 0.4) is 0 Å². The van der Waals surface area contributed by atoms with Gasteiger partial charge < -0.3 is 24.3 Å². The van der Waals surface area contributed by atoms with Gasteiger partial charge in [-0.05, 0) is 49.0 Å². The Labute approximate surface area is 210 Å². The van der Waals surface area contributed by atoms with E-state index in [-0.39, 0.29) is 22.6 Å². The molecule has 0 radical (unpaired) electrons. The van der Waals surface area contributed by atoms with Gasteiger partial charge in [-0.25, -0.2) is 0 Å². The van der Waals surface area contributed by atoms with E-state index in [9.17, 15) is 18.0 Å². The molecule has 3 aromatic rings. The zero-order valence-electron chi connectivity index (χ0n) is 19.8. The van der Waals surface area contributed by atoms with Crippen LogP contribution in [0.5, 0.6) is 5.75 Å². The van der Waals surface area contributed by atoms with Crippen molar-refractivity contribution >= 4 is 29.0 Å². The third-order valence-electron chi connectivity index (χ3n) is 5.83. The maximum Gasteiger partial charge on any atom is 0.416 e. The Morgan fingerprint density at radius 1 is 1.11 bits per heavy atom. The SMILES string of the molecule is CCN1CCN(c2ccc(C(F)(F)F)cc2NC(=O)CSc2nnc(-c3ccc(OC)cc3)o2)CC1. The molecular formula is C24H26F3N5O3S. The predicted molar refractivity (Wildman–Crippen MR) is 131 cm³/mol. The lowest BCUT2D eigenvalue weighted by Gasteiger charge is -2.36. The second-order valence-corrected chi connectivity index (χ2v) is 9.02. The zero-order valence-corrected chi connectivity index (χ0v) is 20.7. The van der Waals surface area contributed by atoms with E-state index in [1.54, 1.807) is 31.4 Å². The van der Waals surface area contributed by atoms with Gasteiger partial charge in [-0.1, -0.05) is 18.7 Å². The number of carbonyl (C=O) groups is 1. The van der Waals surface area contributed by atoms with Gasteiger partial charge in [-0.3, -0.25) is 4.79 Å². The van der Waals surface area contributed by atoms with Gasteiger partial charge in [0.25, 0.3) is 5.22 Å². The number of hydrogen-bond donors (Lipinski definition) is 1. The van der Waals surface area contributed by atoms with Gasteiger partial charge in [0.1, 0.15) is 5.75 Å². The molecule has 0 saturated carbocycles. The molecule has 0 atom stereocenters. The third-order valence-corrected chi connectivity index (χ3v) is 6.65. The van der Waals surface area contributed by atoms with Crippen LogP contribution in [0.15, 0.2) is 52.1 Å². The van der Waals surface area contributed by atoms with Crippen molar-refractivity contribution in [3.05, 3.63) is 48.0 Å². The van der Waals surface area contributed by atoms with Gasteiger partial charge in [-0.2, -0.15) is 13.2 Å². The summed E-state index contributed by atoms with van der Waals surface area (Å²) >= 11 is 1.01. The standard InChI is InChI=1S/C24H26F3N5O3S/c1-3-31-10-12-32(13-11-31)20-9-6-17(24(25,26)27)14-19(20)28-21(33)15-36-23-30-29-22(35-23)16-4-7-18(34-2)8-5-16/h4-9,14H,3,10-13,15H2,1-2H3,(H,28,33). The van der Waals surface area contributed by atoms with Crippen LogP contribution in [-0.4, -0.2) is 66.6 Å². The number of anilines is 2. The molecule has 1 aromatic heterocycles. The Morgan fingerprint density at radius 2 is 1.83 bits per heavy atom. The molecule has 1 amide bonds. The second-order valence-electron chi connectivity index (χ2n) is 8.09. The summed E-state index contributed by atoms with van der Waals surface area (Å²) in [5.74, 6) is 0.387. The van der Waals surface area contributed by atoms with Crippen LogP contribution in [0.25, 0.3) is 11.5 Å². The topological polar surface area (TPSA) is 83.7 Å². The van der Waals surface area contributed by atoms with Crippen molar-refractivity contribution in [2.45, 2.75) is 18.3 Å². The number of methoxy groups -OCH3 is 1. The number of nitrogens with zero attached hydrogens (tertiary/aromatic N) is 4. The van der Waals surface area contributed by atoms with Gasteiger partial charge in [0, 0.05) is 31.7 Å². The molecule has 1 aliphatic rings. The van der Waals surface area contributed by atoms with Crippen molar-refractivity contribution in [3.63, 3.8) is 0 Å². The molecule has 2 heterocycles. The Bertz CT molecular complexity index is 1180. The lowest BCUT2D eigenvalue weighted by Crippen LogP contribution is -2.46. The first-order chi connectivity index (χ1) is 17.3. The molecule has 4 rings (SSSR count). The first kappa shape index (κ1) is 25.8. The maximum absolute atomic E-state index is 13.4. The Balaban J connectivity index is 1.43. The molecule has 36 heavy (non-hydrogen) atoms. The number of halogens is 3. The minimum atomic E-state index is -4.52. The fraction of sp³-hybridized carbons (Fsp3) is 0.375. The number of aromatic nitrogens is 2. The van der Waals surface area contributed by atoms with Crippen LogP contribution in [-0.2, 0) is 11.0 Å². The number of likely N-dealkylation sites (N-methyl/N-ethyl adjacent to an activating group) is 1. The first-order valence-electron chi connectivity index (χ1n) is 11.4. The summed E-state index contributed by atoms with van der Waals surface area (Å²) in [5.41, 5.74) is 0.570. The average molecular weight is 522 g/mol. The number of alkyl halides is 3.